The van der Waals surface area contributed by atoms with Crippen molar-refractivity contribution in [3.8, 4) is 32.3 Å². The summed E-state index contributed by atoms with van der Waals surface area (Å²) in [7, 11) is 0. The highest BCUT2D eigenvalue weighted by molar-refractivity contribution is 7.19. The summed E-state index contributed by atoms with van der Waals surface area (Å²) in [5, 5.41) is 3.86. The molecule has 0 radical (unpaired) electrons. The van der Waals surface area contributed by atoms with Gasteiger partial charge in [-0.15, -0.1) is 11.3 Å². The monoisotopic (exact) mass is 428 g/mol. The summed E-state index contributed by atoms with van der Waals surface area (Å²) in [6.45, 7) is 1.45. The molecule has 3 aromatic heterocycles. The highest BCUT2D eigenvalue weighted by Gasteiger charge is 2.18. The molecule has 5 nitrogen and oxygen atoms in total. The minimum atomic E-state index is -0.166. The number of thiophene rings is 1. The number of hydrogen-bond donors (Lipinski definition) is 2. The standard InChI is InChI=1S/C20H14Cl2N4OS/c1-11(27)26-18-8-12(4-5-23-18)17-10-15(14-3-2-13(21)9-16(14)22)19(28-17)20-24-6-7-25-20/h2-10H,1H3,(H,24,25)(H,23,26,27). The van der Waals surface area contributed by atoms with Crippen LogP contribution in [-0.2, 0) is 4.79 Å². The molecule has 1 amide bonds. The van der Waals surface area contributed by atoms with Gasteiger partial charge in [0.05, 0.1) is 4.88 Å². The number of imidazole rings is 1. The average Bonchev–Trinajstić information content (AvgIpc) is 3.31. The van der Waals surface area contributed by atoms with Crippen LogP contribution in [0.15, 0.2) is 55.0 Å². The van der Waals surface area contributed by atoms with Crippen molar-refractivity contribution in [2.45, 2.75) is 6.92 Å². The van der Waals surface area contributed by atoms with Gasteiger partial charge in [0.15, 0.2) is 0 Å². The largest absolute Gasteiger partial charge is 0.344 e. The molecule has 0 fully saturated rings. The number of benzene rings is 1. The number of nitrogens with zero attached hydrogens (tertiary/aromatic N) is 2. The summed E-state index contributed by atoms with van der Waals surface area (Å²) in [4.78, 5) is 25.0. The number of amides is 1. The molecule has 8 heteroatoms. The van der Waals surface area contributed by atoms with Gasteiger partial charge < -0.3 is 10.3 Å². The van der Waals surface area contributed by atoms with E-state index in [1.165, 1.54) is 6.92 Å². The fraction of sp³-hybridized carbons (Fsp3) is 0.0500. The van der Waals surface area contributed by atoms with E-state index >= 15 is 0 Å². The summed E-state index contributed by atoms with van der Waals surface area (Å²) in [6.07, 6.45) is 5.16. The van der Waals surface area contributed by atoms with Crippen LogP contribution in [0.2, 0.25) is 10.0 Å². The van der Waals surface area contributed by atoms with E-state index in [1.54, 1.807) is 36.0 Å². The van der Waals surface area contributed by atoms with Crippen molar-refractivity contribution in [3.63, 3.8) is 0 Å². The van der Waals surface area contributed by atoms with Crippen molar-refractivity contribution in [2.75, 3.05) is 5.32 Å². The lowest BCUT2D eigenvalue weighted by Crippen LogP contribution is -2.06. The van der Waals surface area contributed by atoms with Gasteiger partial charge in [0, 0.05) is 51.6 Å². The maximum Gasteiger partial charge on any atom is 0.222 e. The van der Waals surface area contributed by atoms with Crippen LogP contribution in [0.5, 0.6) is 0 Å². The number of pyridine rings is 1. The molecule has 140 valence electrons. The van der Waals surface area contributed by atoms with Crippen molar-refractivity contribution in [2.24, 2.45) is 0 Å². The molecule has 4 aromatic rings. The topological polar surface area (TPSA) is 70.7 Å². The summed E-state index contributed by atoms with van der Waals surface area (Å²) in [6, 6.07) is 11.2. The smallest absolute Gasteiger partial charge is 0.222 e. The molecule has 1 aromatic carbocycles. The van der Waals surface area contributed by atoms with E-state index in [1.807, 2.05) is 24.3 Å². The molecular weight excluding hydrogens is 415 g/mol. The van der Waals surface area contributed by atoms with E-state index in [0.29, 0.717) is 15.9 Å². The minimum absolute atomic E-state index is 0.166. The molecular formula is C20H14Cl2N4OS. The molecule has 0 atom stereocenters. The number of aromatic nitrogens is 3. The molecule has 0 bridgehead atoms. The second-order valence-electron chi connectivity index (χ2n) is 6.03. The second kappa shape index (κ2) is 7.75. The molecule has 0 unspecified atom stereocenters. The van der Waals surface area contributed by atoms with Gasteiger partial charge in [0.25, 0.3) is 0 Å². The predicted molar refractivity (Wildman–Crippen MR) is 115 cm³/mol. The van der Waals surface area contributed by atoms with Crippen LogP contribution in [0, 0.1) is 0 Å². The third-order valence-corrected chi connectivity index (χ3v) is 5.75. The van der Waals surface area contributed by atoms with E-state index < -0.39 is 0 Å². The molecule has 3 heterocycles. The van der Waals surface area contributed by atoms with Crippen LogP contribution >= 0.6 is 34.5 Å². The van der Waals surface area contributed by atoms with E-state index in [-0.39, 0.29) is 5.91 Å². The Morgan fingerprint density at radius 3 is 2.64 bits per heavy atom. The Labute approximate surface area is 175 Å². The minimum Gasteiger partial charge on any atom is -0.344 e. The maximum atomic E-state index is 11.3. The normalized spacial score (nSPS) is 10.8. The van der Waals surface area contributed by atoms with Crippen molar-refractivity contribution < 1.29 is 4.79 Å². The van der Waals surface area contributed by atoms with E-state index in [2.05, 4.69) is 26.3 Å². The van der Waals surface area contributed by atoms with Gasteiger partial charge in [0.2, 0.25) is 5.91 Å². The lowest BCUT2D eigenvalue weighted by Gasteiger charge is -2.05. The molecule has 0 saturated heterocycles. The zero-order valence-corrected chi connectivity index (χ0v) is 17.0. The molecule has 4 rings (SSSR count). The van der Waals surface area contributed by atoms with Crippen molar-refractivity contribution in [3.05, 3.63) is 65.0 Å². The number of nitrogens with one attached hydrogen (secondary N) is 2. The van der Waals surface area contributed by atoms with E-state index in [0.717, 1.165) is 32.3 Å². The Bertz CT molecular complexity index is 1150. The number of hydrogen-bond acceptors (Lipinski definition) is 4. The third-order valence-electron chi connectivity index (χ3n) is 4.02. The number of halogens is 2. The first-order valence-corrected chi connectivity index (χ1v) is 9.91. The molecule has 0 aliphatic rings. The zero-order valence-electron chi connectivity index (χ0n) is 14.7. The zero-order chi connectivity index (χ0) is 19.7. The Balaban J connectivity index is 1.86. The van der Waals surface area contributed by atoms with Gasteiger partial charge in [0.1, 0.15) is 11.6 Å². The molecule has 28 heavy (non-hydrogen) atoms. The first-order chi connectivity index (χ1) is 13.5. The van der Waals surface area contributed by atoms with Crippen LogP contribution in [-0.4, -0.2) is 20.9 Å². The molecule has 0 aliphatic carbocycles. The maximum absolute atomic E-state index is 11.3. The first kappa shape index (κ1) is 18.7. The Morgan fingerprint density at radius 2 is 1.93 bits per heavy atom. The third kappa shape index (κ3) is 3.80. The highest BCUT2D eigenvalue weighted by atomic mass is 35.5. The van der Waals surface area contributed by atoms with E-state index in [9.17, 15) is 4.79 Å². The van der Waals surface area contributed by atoms with Gasteiger partial charge >= 0.3 is 0 Å². The molecule has 0 saturated carbocycles. The number of H-pyrrole nitrogens is 1. The number of carbonyl (C=O) groups excluding carboxylic acids is 1. The number of rotatable bonds is 4. The van der Waals surface area contributed by atoms with Crippen LogP contribution in [0.3, 0.4) is 0 Å². The second-order valence-corrected chi connectivity index (χ2v) is 7.92. The van der Waals surface area contributed by atoms with Gasteiger partial charge in [-0.25, -0.2) is 9.97 Å². The van der Waals surface area contributed by atoms with Crippen LogP contribution in [0.1, 0.15) is 6.92 Å². The molecule has 2 N–H and O–H groups in total. The molecule has 0 spiro atoms. The van der Waals surface area contributed by atoms with Gasteiger partial charge in [-0.05, 0) is 35.9 Å². The van der Waals surface area contributed by atoms with Gasteiger partial charge in [-0.3, -0.25) is 4.79 Å². The summed E-state index contributed by atoms with van der Waals surface area (Å²) in [5.74, 6) is 1.10. The number of anilines is 1. The van der Waals surface area contributed by atoms with Crippen molar-refractivity contribution in [1.29, 1.82) is 0 Å². The summed E-state index contributed by atoms with van der Waals surface area (Å²) in [5.41, 5.74) is 2.76. The van der Waals surface area contributed by atoms with Crippen molar-refractivity contribution in [1.82, 2.24) is 15.0 Å². The van der Waals surface area contributed by atoms with Crippen LogP contribution < -0.4 is 5.32 Å². The highest BCUT2D eigenvalue weighted by Crippen LogP contribution is 2.44. The fourth-order valence-electron chi connectivity index (χ4n) is 2.84. The fourth-order valence-corrected chi connectivity index (χ4v) is 4.48. The van der Waals surface area contributed by atoms with E-state index in [4.69, 9.17) is 23.2 Å². The van der Waals surface area contributed by atoms with Gasteiger partial charge in [-0.1, -0.05) is 29.3 Å². The summed E-state index contributed by atoms with van der Waals surface area (Å²) < 4.78 is 0. The SMILES string of the molecule is CC(=O)Nc1cc(-c2cc(-c3ccc(Cl)cc3Cl)c(-c3ncc[nH]3)s2)ccn1. The Morgan fingerprint density at radius 1 is 1.07 bits per heavy atom. The lowest BCUT2D eigenvalue weighted by molar-refractivity contribution is -0.114. The van der Waals surface area contributed by atoms with Gasteiger partial charge in [-0.2, -0.15) is 0 Å². The first-order valence-electron chi connectivity index (χ1n) is 8.34. The Kier molecular flexibility index (Phi) is 5.17. The predicted octanol–water partition coefficient (Wildman–Crippen LogP) is 6.13. The average molecular weight is 429 g/mol. The Hall–Kier alpha value is -2.67. The summed E-state index contributed by atoms with van der Waals surface area (Å²) >= 11 is 14.1. The number of aromatic amines is 1. The van der Waals surface area contributed by atoms with Crippen LogP contribution in [0.4, 0.5) is 5.82 Å². The quantitative estimate of drug-likeness (QED) is 0.410. The number of carbonyl (C=O) groups is 1. The van der Waals surface area contributed by atoms with Crippen LogP contribution in [0.25, 0.3) is 32.3 Å². The van der Waals surface area contributed by atoms with Crippen molar-refractivity contribution >= 4 is 46.3 Å². The molecule has 0 aliphatic heterocycles. The lowest BCUT2D eigenvalue weighted by atomic mass is 10.0.